The van der Waals surface area contributed by atoms with Crippen LogP contribution in [0.4, 0.5) is 0 Å². The van der Waals surface area contributed by atoms with Crippen LogP contribution in [0.25, 0.3) is 0 Å². The Morgan fingerprint density at radius 2 is 2.13 bits per heavy atom. The van der Waals surface area contributed by atoms with E-state index in [1.54, 1.807) is 0 Å². The van der Waals surface area contributed by atoms with E-state index in [1.165, 1.54) is 18.2 Å². The second-order valence-electron chi connectivity index (χ2n) is 3.77. The van der Waals surface area contributed by atoms with Crippen molar-refractivity contribution in [3.63, 3.8) is 0 Å². The van der Waals surface area contributed by atoms with Crippen LogP contribution in [0.2, 0.25) is 0 Å². The van der Waals surface area contributed by atoms with Gasteiger partial charge < -0.3 is 9.47 Å². The molecule has 0 saturated carbocycles. The fourth-order valence-electron chi connectivity index (χ4n) is 1.77. The topological polar surface area (TPSA) is 35.5 Å². The number of esters is 1. The van der Waals surface area contributed by atoms with Crippen LogP contribution in [-0.4, -0.2) is 13.1 Å². The molecule has 3 heteroatoms. The Morgan fingerprint density at radius 1 is 1.40 bits per heavy atom. The summed E-state index contributed by atoms with van der Waals surface area (Å²) in [5, 5.41) is 0. The zero-order valence-electron chi connectivity index (χ0n) is 8.95. The molecule has 80 valence electrons. The van der Waals surface area contributed by atoms with E-state index in [-0.39, 0.29) is 11.9 Å². The van der Waals surface area contributed by atoms with Crippen molar-refractivity contribution in [2.45, 2.75) is 26.1 Å². The largest absolute Gasteiger partial charge is 0.469 e. The third-order valence-electron chi connectivity index (χ3n) is 2.80. The van der Waals surface area contributed by atoms with Gasteiger partial charge in [-0.25, -0.2) is 0 Å². The van der Waals surface area contributed by atoms with Gasteiger partial charge in [0.05, 0.1) is 26.2 Å². The van der Waals surface area contributed by atoms with Crippen LogP contribution >= 0.6 is 0 Å². The second-order valence-corrected chi connectivity index (χ2v) is 3.77. The number of hydrogen-bond donors (Lipinski definition) is 0. The first-order chi connectivity index (χ1) is 7.22. The van der Waals surface area contributed by atoms with E-state index in [4.69, 9.17) is 9.47 Å². The summed E-state index contributed by atoms with van der Waals surface area (Å²) in [6, 6.07) is 6.02. The summed E-state index contributed by atoms with van der Waals surface area (Å²) in [6.45, 7) is 3.18. The fourth-order valence-corrected chi connectivity index (χ4v) is 1.77. The molecule has 0 fully saturated rings. The van der Waals surface area contributed by atoms with Crippen molar-refractivity contribution in [1.29, 1.82) is 0 Å². The maximum absolute atomic E-state index is 11.4. The standard InChI is InChI=1S/C12H14O3/c1-8(12(13)14-2)9-3-4-10-6-15-7-11(10)5-9/h3-5,8H,6-7H2,1-2H3. The molecule has 3 nitrogen and oxygen atoms in total. The lowest BCUT2D eigenvalue weighted by Gasteiger charge is -2.10. The van der Waals surface area contributed by atoms with Gasteiger partial charge in [-0.15, -0.1) is 0 Å². The first-order valence-corrected chi connectivity index (χ1v) is 4.99. The summed E-state index contributed by atoms with van der Waals surface area (Å²) in [5.41, 5.74) is 3.39. The van der Waals surface area contributed by atoms with Crippen LogP contribution in [-0.2, 0) is 27.5 Å². The number of fused-ring (bicyclic) bond motifs is 1. The van der Waals surface area contributed by atoms with Crippen LogP contribution in [0.5, 0.6) is 0 Å². The van der Waals surface area contributed by atoms with Gasteiger partial charge >= 0.3 is 5.97 Å². The summed E-state index contributed by atoms with van der Waals surface area (Å²) >= 11 is 0. The average molecular weight is 206 g/mol. The SMILES string of the molecule is COC(=O)C(C)c1ccc2c(c1)COC2. The molecule has 0 aliphatic carbocycles. The van der Waals surface area contributed by atoms with Crippen molar-refractivity contribution in [3.8, 4) is 0 Å². The van der Waals surface area contributed by atoms with E-state index in [9.17, 15) is 4.79 Å². The average Bonchev–Trinajstić information content (AvgIpc) is 2.73. The van der Waals surface area contributed by atoms with E-state index in [0.29, 0.717) is 13.2 Å². The molecule has 0 radical (unpaired) electrons. The Balaban J connectivity index is 2.26. The third kappa shape index (κ3) is 1.88. The first kappa shape index (κ1) is 10.2. The smallest absolute Gasteiger partial charge is 0.312 e. The zero-order chi connectivity index (χ0) is 10.8. The lowest BCUT2D eigenvalue weighted by atomic mass is 9.97. The molecule has 1 aliphatic rings. The Morgan fingerprint density at radius 3 is 2.87 bits per heavy atom. The van der Waals surface area contributed by atoms with Crippen molar-refractivity contribution in [3.05, 3.63) is 34.9 Å². The van der Waals surface area contributed by atoms with E-state index >= 15 is 0 Å². The number of benzene rings is 1. The molecule has 0 saturated heterocycles. The molecular formula is C12H14O3. The van der Waals surface area contributed by atoms with Crippen LogP contribution in [0.3, 0.4) is 0 Å². The van der Waals surface area contributed by atoms with Gasteiger partial charge in [-0.05, 0) is 23.6 Å². The number of ether oxygens (including phenoxy) is 2. The second kappa shape index (κ2) is 4.03. The van der Waals surface area contributed by atoms with Gasteiger partial charge in [0.25, 0.3) is 0 Å². The van der Waals surface area contributed by atoms with Crippen molar-refractivity contribution >= 4 is 5.97 Å². The predicted molar refractivity (Wildman–Crippen MR) is 55.4 cm³/mol. The van der Waals surface area contributed by atoms with E-state index in [0.717, 1.165) is 5.56 Å². The quantitative estimate of drug-likeness (QED) is 0.694. The highest BCUT2D eigenvalue weighted by atomic mass is 16.5. The maximum atomic E-state index is 11.4. The summed E-state index contributed by atoms with van der Waals surface area (Å²) < 4.78 is 10.0. The molecule has 1 aliphatic heterocycles. The van der Waals surface area contributed by atoms with Gasteiger partial charge in [0, 0.05) is 0 Å². The minimum absolute atomic E-state index is 0.200. The van der Waals surface area contributed by atoms with Crippen molar-refractivity contribution < 1.29 is 14.3 Å². The van der Waals surface area contributed by atoms with Crippen molar-refractivity contribution in [1.82, 2.24) is 0 Å². The molecule has 1 aromatic rings. The molecule has 0 bridgehead atoms. The summed E-state index contributed by atoms with van der Waals surface area (Å²) in [5.74, 6) is -0.408. The van der Waals surface area contributed by atoms with Gasteiger partial charge in [-0.2, -0.15) is 0 Å². The molecule has 1 atom stereocenters. The molecule has 0 aromatic heterocycles. The fraction of sp³-hybridized carbons (Fsp3) is 0.417. The highest BCUT2D eigenvalue weighted by Gasteiger charge is 2.18. The summed E-state index contributed by atoms with van der Waals surface area (Å²) in [4.78, 5) is 11.4. The lowest BCUT2D eigenvalue weighted by Crippen LogP contribution is -2.11. The van der Waals surface area contributed by atoms with Gasteiger partial charge in [-0.1, -0.05) is 18.2 Å². The van der Waals surface area contributed by atoms with Gasteiger partial charge in [0.15, 0.2) is 0 Å². The molecule has 0 N–H and O–H groups in total. The van der Waals surface area contributed by atoms with Crippen LogP contribution < -0.4 is 0 Å². The van der Waals surface area contributed by atoms with Crippen molar-refractivity contribution in [2.24, 2.45) is 0 Å². The van der Waals surface area contributed by atoms with Crippen molar-refractivity contribution in [2.75, 3.05) is 7.11 Å². The van der Waals surface area contributed by atoms with Gasteiger partial charge in [0.2, 0.25) is 0 Å². The van der Waals surface area contributed by atoms with E-state index in [2.05, 4.69) is 0 Å². The molecule has 1 aromatic carbocycles. The minimum atomic E-state index is -0.208. The van der Waals surface area contributed by atoms with E-state index < -0.39 is 0 Å². The summed E-state index contributed by atoms with van der Waals surface area (Å²) in [7, 11) is 1.41. The maximum Gasteiger partial charge on any atom is 0.312 e. The van der Waals surface area contributed by atoms with Crippen LogP contribution in [0.1, 0.15) is 29.5 Å². The summed E-state index contributed by atoms with van der Waals surface area (Å²) in [6.07, 6.45) is 0. The normalized spacial score (nSPS) is 15.9. The number of rotatable bonds is 2. The first-order valence-electron chi connectivity index (χ1n) is 4.99. The Labute approximate surface area is 89.0 Å². The molecule has 1 heterocycles. The highest BCUT2D eigenvalue weighted by Crippen LogP contribution is 2.25. The monoisotopic (exact) mass is 206 g/mol. The molecular weight excluding hydrogens is 192 g/mol. The predicted octanol–water partition coefficient (Wildman–Crippen LogP) is 1.99. The molecule has 0 amide bonds. The molecule has 1 unspecified atom stereocenters. The number of carbonyl (C=O) groups is 1. The number of methoxy groups -OCH3 is 1. The molecule has 15 heavy (non-hydrogen) atoms. The zero-order valence-corrected chi connectivity index (χ0v) is 8.95. The number of hydrogen-bond acceptors (Lipinski definition) is 3. The molecule has 0 spiro atoms. The van der Waals surface area contributed by atoms with Crippen LogP contribution in [0.15, 0.2) is 18.2 Å². The van der Waals surface area contributed by atoms with Gasteiger partial charge in [0.1, 0.15) is 0 Å². The van der Waals surface area contributed by atoms with Gasteiger partial charge in [-0.3, -0.25) is 4.79 Å². The third-order valence-corrected chi connectivity index (χ3v) is 2.80. The Hall–Kier alpha value is -1.35. The Bertz CT molecular complexity index is 384. The highest BCUT2D eigenvalue weighted by molar-refractivity contribution is 5.77. The lowest BCUT2D eigenvalue weighted by molar-refractivity contribution is -0.141. The van der Waals surface area contributed by atoms with Crippen LogP contribution in [0, 0.1) is 0 Å². The van der Waals surface area contributed by atoms with E-state index in [1.807, 2.05) is 25.1 Å². The number of carbonyl (C=O) groups excluding carboxylic acids is 1. The minimum Gasteiger partial charge on any atom is -0.469 e. The molecule has 2 rings (SSSR count). The Kier molecular flexibility index (Phi) is 2.73.